The Kier molecular flexibility index (Phi) is 2.16. The lowest BCUT2D eigenvalue weighted by Gasteiger charge is -1.88. The van der Waals surface area contributed by atoms with E-state index < -0.39 is 0 Å². The molecule has 0 atom stereocenters. The first kappa shape index (κ1) is 8.72. The second-order valence-corrected chi connectivity index (χ2v) is 3.54. The Balaban J connectivity index is 2.53. The van der Waals surface area contributed by atoms with Gasteiger partial charge in [0.25, 0.3) is 0 Å². The molecule has 6 heteroatoms. The predicted octanol–water partition coefficient (Wildman–Crippen LogP) is 1.45. The second-order valence-electron chi connectivity index (χ2n) is 2.55. The molecule has 0 saturated carbocycles. The summed E-state index contributed by atoms with van der Waals surface area (Å²) in [5.41, 5.74) is 1.51. The van der Waals surface area contributed by atoms with Crippen molar-refractivity contribution < 1.29 is 0 Å². The number of rotatable bonds is 2. The maximum Gasteiger partial charge on any atom is 0.184 e. The zero-order valence-electron chi connectivity index (χ0n) is 7.40. The number of hydrogen-bond donors (Lipinski definition) is 2. The van der Waals surface area contributed by atoms with E-state index in [1.807, 2.05) is 0 Å². The molecule has 2 aromatic heterocycles. The summed E-state index contributed by atoms with van der Waals surface area (Å²) in [6.45, 7) is 0. The summed E-state index contributed by atoms with van der Waals surface area (Å²) < 4.78 is 0. The lowest BCUT2D eigenvalue weighted by molar-refractivity contribution is 1.09. The first-order chi connectivity index (χ1) is 6.85. The number of nitriles is 1. The van der Waals surface area contributed by atoms with Gasteiger partial charge in [-0.15, -0.1) is 0 Å². The summed E-state index contributed by atoms with van der Waals surface area (Å²) in [6.07, 6.45) is 3.37. The molecule has 2 heterocycles. The van der Waals surface area contributed by atoms with Gasteiger partial charge >= 0.3 is 0 Å². The molecule has 0 radical (unpaired) electrons. The van der Waals surface area contributed by atoms with Crippen LogP contribution in [0.4, 0.5) is 5.13 Å². The highest BCUT2D eigenvalue weighted by atomic mass is 32.1. The van der Waals surface area contributed by atoms with Gasteiger partial charge in [-0.25, -0.2) is 4.98 Å². The molecule has 0 aliphatic rings. The van der Waals surface area contributed by atoms with E-state index >= 15 is 0 Å². The van der Waals surface area contributed by atoms with Gasteiger partial charge in [0.15, 0.2) is 5.13 Å². The van der Waals surface area contributed by atoms with Crippen molar-refractivity contribution in [3.8, 4) is 17.3 Å². The standard InChI is InChI=1S/C8H7N5S/c1-10-8-13-7(6(2-9)14-8)5-3-11-12-4-5/h3-4H,1H3,(H,10,13)(H,11,12). The molecule has 0 aromatic carbocycles. The molecule has 2 rings (SSSR count). The fourth-order valence-electron chi connectivity index (χ4n) is 1.08. The van der Waals surface area contributed by atoms with Gasteiger partial charge in [-0.05, 0) is 0 Å². The van der Waals surface area contributed by atoms with Crippen molar-refractivity contribution in [3.05, 3.63) is 17.3 Å². The first-order valence-electron chi connectivity index (χ1n) is 3.93. The normalized spacial score (nSPS) is 9.71. The lowest BCUT2D eigenvalue weighted by Crippen LogP contribution is -1.85. The molecule has 14 heavy (non-hydrogen) atoms. The summed E-state index contributed by atoms with van der Waals surface area (Å²) >= 11 is 1.33. The minimum Gasteiger partial charge on any atom is -0.365 e. The van der Waals surface area contributed by atoms with E-state index in [1.54, 1.807) is 19.4 Å². The Hall–Kier alpha value is -1.87. The number of aromatic nitrogens is 3. The summed E-state index contributed by atoms with van der Waals surface area (Å²) in [6, 6.07) is 2.11. The highest BCUT2D eigenvalue weighted by Crippen LogP contribution is 2.29. The van der Waals surface area contributed by atoms with Crippen LogP contribution in [0.2, 0.25) is 0 Å². The number of hydrogen-bond acceptors (Lipinski definition) is 5. The Labute approximate surface area is 84.4 Å². The third kappa shape index (κ3) is 1.34. The molecule has 0 aliphatic carbocycles. The van der Waals surface area contributed by atoms with Crippen molar-refractivity contribution in [2.24, 2.45) is 0 Å². The molecule has 0 bridgehead atoms. The van der Waals surface area contributed by atoms with Crippen molar-refractivity contribution in [2.45, 2.75) is 0 Å². The van der Waals surface area contributed by atoms with Gasteiger partial charge < -0.3 is 5.32 Å². The van der Waals surface area contributed by atoms with Crippen LogP contribution < -0.4 is 5.32 Å². The van der Waals surface area contributed by atoms with Gasteiger partial charge in [-0.1, -0.05) is 11.3 Å². The van der Waals surface area contributed by atoms with E-state index in [0.29, 0.717) is 10.6 Å². The van der Waals surface area contributed by atoms with Crippen LogP contribution in [-0.4, -0.2) is 22.2 Å². The molecule has 0 saturated heterocycles. The molecule has 0 aliphatic heterocycles. The van der Waals surface area contributed by atoms with Crippen LogP contribution in [0.5, 0.6) is 0 Å². The van der Waals surface area contributed by atoms with Gasteiger partial charge in [0.05, 0.1) is 6.20 Å². The Bertz CT molecular complexity index is 464. The van der Waals surface area contributed by atoms with E-state index in [2.05, 4.69) is 26.6 Å². The molecule has 0 amide bonds. The number of aromatic amines is 1. The number of nitrogens with one attached hydrogen (secondary N) is 2. The van der Waals surface area contributed by atoms with Crippen LogP contribution in [0.3, 0.4) is 0 Å². The third-order valence-electron chi connectivity index (χ3n) is 1.71. The Morgan fingerprint density at radius 1 is 1.64 bits per heavy atom. The quantitative estimate of drug-likeness (QED) is 0.777. The second kappa shape index (κ2) is 3.47. The largest absolute Gasteiger partial charge is 0.365 e. The van der Waals surface area contributed by atoms with Crippen molar-refractivity contribution in [1.29, 1.82) is 5.26 Å². The highest BCUT2D eigenvalue weighted by Gasteiger charge is 2.12. The zero-order valence-corrected chi connectivity index (χ0v) is 8.22. The van der Waals surface area contributed by atoms with Gasteiger partial charge in [0.1, 0.15) is 16.6 Å². The smallest absolute Gasteiger partial charge is 0.184 e. The SMILES string of the molecule is CNc1nc(-c2cn[nH]c2)c(C#N)s1. The number of thiazole rings is 1. The van der Waals surface area contributed by atoms with E-state index in [0.717, 1.165) is 10.7 Å². The molecule has 2 aromatic rings. The third-order valence-corrected chi connectivity index (χ3v) is 2.69. The Morgan fingerprint density at radius 2 is 2.50 bits per heavy atom. The van der Waals surface area contributed by atoms with E-state index in [9.17, 15) is 0 Å². The van der Waals surface area contributed by atoms with Crippen molar-refractivity contribution in [1.82, 2.24) is 15.2 Å². The molecule has 0 spiro atoms. The minimum absolute atomic E-state index is 0.593. The summed E-state index contributed by atoms with van der Waals surface area (Å²) in [7, 11) is 1.78. The maximum absolute atomic E-state index is 8.89. The van der Waals surface area contributed by atoms with Gasteiger partial charge in [-0.3, -0.25) is 5.10 Å². The van der Waals surface area contributed by atoms with Crippen LogP contribution in [0.15, 0.2) is 12.4 Å². The van der Waals surface area contributed by atoms with Crippen LogP contribution in [-0.2, 0) is 0 Å². The summed E-state index contributed by atoms with van der Waals surface area (Å²) in [5, 5.41) is 19.0. The molecular formula is C8H7N5S. The maximum atomic E-state index is 8.89. The van der Waals surface area contributed by atoms with Gasteiger partial charge in [-0.2, -0.15) is 10.4 Å². The van der Waals surface area contributed by atoms with Crippen LogP contribution in [0.25, 0.3) is 11.3 Å². The van der Waals surface area contributed by atoms with Crippen molar-refractivity contribution >= 4 is 16.5 Å². The average Bonchev–Trinajstić information content (AvgIpc) is 2.85. The highest BCUT2D eigenvalue weighted by molar-refractivity contribution is 7.16. The van der Waals surface area contributed by atoms with E-state index in [1.165, 1.54) is 11.3 Å². The Morgan fingerprint density at radius 3 is 3.07 bits per heavy atom. The number of H-pyrrole nitrogens is 1. The van der Waals surface area contributed by atoms with Crippen molar-refractivity contribution in [2.75, 3.05) is 12.4 Å². The number of nitrogens with zero attached hydrogens (tertiary/aromatic N) is 3. The van der Waals surface area contributed by atoms with Gasteiger partial charge in [0.2, 0.25) is 0 Å². The van der Waals surface area contributed by atoms with E-state index in [-0.39, 0.29) is 0 Å². The zero-order chi connectivity index (χ0) is 9.97. The molecule has 70 valence electrons. The summed E-state index contributed by atoms with van der Waals surface area (Å²) in [5.74, 6) is 0. The molecular weight excluding hydrogens is 198 g/mol. The summed E-state index contributed by atoms with van der Waals surface area (Å²) in [4.78, 5) is 4.86. The van der Waals surface area contributed by atoms with Crippen LogP contribution >= 0.6 is 11.3 Å². The van der Waals surface area contributed by atoms with Crippen molar-refractivity contribution in [3.63, 3.8) is 0 Å². The lowest BCUT2D eigenvalue weighted by atomic mass is 10.2. The average molecular weight is 205 g/mol. The molecule has 5 nitrogen and oxygen atoms in total. The van der Waals surface area contributed by atoms with Gasteiger partial charge in [0, 0.05) is 18.8 Å². The topological polar surface area (TPSA) is 77.4 Å². The van der Waals surface area contributed by atoms with Crippen LogP contribution in [0.1, 0.15) is 4.88 Å². The van der Waals surface area contributed by atoms with Crippen LogP contribution in [0, 0.1) is 11.3 Å². The predicted molar refractivity (Wildman–Crippen MR) is 54.0 cm³/mol. The fraction of sp³-hybridized carbons (Fsp3) is 0.125. The molecule has 0 unspecified atom stereocenters. The molecule has 0 fully saturated rings. The monoisotopic (exact) mass is 205 g/mol. The molecule has 2 N–H and O–H groups in total. The van der Waals surface area contributed by atoms with E-state index in [4.69, 9.17) is 5.26 Å². The number of anilines is 1. The minimum atomic E-state index is 0.593. The fourth-order valence-corrected chi connectivity index (χ4v) is 1.82. The first-order valence-corrected chi connectivity index (χ1v) is 4.74.